The Morgan fingerprint density at radius 1 is 0.964 bits per heavy atom. The first kappa shape index (κ1) is 18.0. The number of rotatable bonds is 7. The molecule has 0 aliphatic heterocycles. The molecule has 0 spiro atoms. The van der Waals surface area contributed by atoms with Crippen LogP contribution >= 0.6 is 0 Å². The number of benzene rings is 2. The molecule has 0 unspecified atom stereocenters. The molecular formula is C22H24N6. The average molecular weight is 372 g/mol. The van der Waals surface area contributed by atoms with Crippen molar-refractivity contribution < 1.29 is 0 Å². The summed E-state index contributed by atoms with van der Waals surface area (Å²) in [5.74, 6) is 0.960. The maximum absolute atomic E-state index is 6.09. The summed E-state index contributed by atoms with van der Waals surface area (Å²) < 4.78 is 2.01. The Bertz CT molecular complexity index is 1050. The Hall–Kier alpha value is -3.41. The summed E-state index contributed by atoms with van der Waals surface area (Å²) in [6.07, 6.45) is 3.95. The van der Waals surface area contributed by atoms with Crippen LogP contribution in [0.1, 0.15) is 25.3 Å². The van der Waals surface area contributed by atoms with Crippen LogP contribution in [0, 0.1) is 0 Å². The predicted molar refractivity (Wildman–Crippen MR) is 114 cm³/mol. The fourth-order valence-corrected chi connectivity index (χ4v) is 3.17. The zero-order chi connectivity index (χ0) is 19.3. The summed E-state index contributed by atoms with van der Waals surface area (Å²) in [6.45, 7) is 3.66. The van der Waals surface area contributed by atoms with Gasteiger partial charge in [-0.15, -0.1) is 0 Å². The lowest BCUT2D eigenvalue weighted by Gasteiger charge is -2.08. The van der Waals surface area contributed by atoms with Gasteiger partial charge in [0.15, 0.2) is 11.5 Å². The monoisotopic (exact) mass is 372 g/mol. The molecule has 0 bridgehead atoms. The van der Waals surface area contributed by atoms with Crippen LogP contribution < -0.4 is 11.1 Å². The highest BCUT2D eigenvalue weighted by molar-refractivity contribution is 5.83. The second-order valence-electron chi connectivity index (χ2n) is 6.82. The van der Waals surface area contributed by atoms with Crippen molar-refractivity contribution in [2.24, 2.45) is 0 Å². The number of nitrogens with zero attached hydrogens (tertiary/aromatic N) is 4. The summed E-state index contributed by atoms with van der Waals surface area (Å²) in [5, 5.41) is 3.24. The second-order valence-corrected chi connectivity index (χ2v) is 6.82. The molecule has 6 nitrogen and oxygen atoms in total. The number of aromatic nitrogens is 4. The van der Waals surface area contributed by atoms with Crippen LogP contribution in [-0.2, 0) is 6.54 Å². The van der Waals surface area contributed by atoms with Crippen molar-refractivity contribution in [3.63, 3.8) is 0 Å². The van der Waals surface area contributed by atoms with Crippen molar-refractivity contribution in [3.05, 3.63) is 66.5 Å². The number of nitrogens with one attached hydrogen (secondary N) is 1. The zero-order valence-electron chi connectivity index (χ0n) is 16.0. The van der Waals surface area contributed by atoms with Crippen LogP contribution in [0.15, 0.2) is 60.9 Å². The Labute approximate surface area is 164 Å². The van der Waals surface area contributed by atoms with E-state index in [0.29, 0.717) is 23.8 Å². The fourth-order valence-electron chi connectivity index (χ4n) is 3.17. The van der Waals surface area contributed by atoms with Gasteiger partial charge in [-0.25, -0.2) is 4.98 Å². The molecule has 0 amide bonds. The smallest absolute Gasteiger partial charge is 0.226 e. The molecule has 0 aliphatic rings. The Morgan fingerprint density at radius 2 is 1.71 bits per heavy atom. The van der Waals surface area contributed by atoms with E-state index < -0.39 is 0 Å². The molecule has 3 N–H and O–H groups in total. The standard InChI is InChI=1S/C22H24N6/c1-2-3-13-24-22-26-20(23)19-21(27-22)28(15-25-19)14-16-9-11-18(12-10-16)17-7-5-4-6-8-17/h4-12,15H,2-3,13-14H2,1H3,(H3,23,24,26,27). The van der Waals surface area contributed by atoms with Crippen molar-refractivity contribution in [1.82, 2.24) is 19.5 Å². The number of imidazole rings is 1. The zero-order valence-corrected chi connectivity index (χ0v) is 16.0. The van der Waals surface area contributed by atoms with Gasteiger partial charge >= 0.3 is 0 Å². The van der Waals surface area contributed by atoms with Crippen LogP contribution in [0.2, 0.25) is 0 Å². The maximum Gasteiger partial charge on any atom is 0.226 e. The molecular weight excluding hydrogens is 348 g/mol. The summed E-state index contributed by atoms with van der Waals surface area (Å²) >= 11 is 0. The summed E-state index contributed by atoms with van der Waals surface area (Å²) in [6, 6.07) is 18.9. The maximum atomic E-state index is 6.09. The number of hydrogen-bond acceptors (Lipinski definition) is 5. The van der Waals surface area contributed by atoms with Crippen molar-refractivity contribution in [3.8, 4) is 11.1 Å². The van der Waals surface area contributed by atoms with E-state index in [0.717, 1.165) is 25.0 Å². The molecule has 4 rings (SSSR count). The van der Waals surface area contributed by atoms with Crippen molar-refractivity contribution in [2.45, 2.75) is 26.3 Å². The number of hydrogen-bond donors (Lipinski definition) is 2. The third kappa shape index (κ3) is 3.81. The molecule has 2 aromatic carbocycles. The molecule has 0 saturated heterocycles. The minimum Gasteiger partial charge on any atom is -0.382 e. The van der Waals surface area contributed by atoms with Gasteiger partial charge in [0.05, 0.1) is 12.9 Å². The van der Waals surface area contributed by atoms with Crippen molar-refractivity contribution >= 4 is 22.9 Å². The minimum absolute atomic E-state index is 0.405. The van der Waals surface area contributed by atoms with E-state index in [1.54, 1.807) is 6.33 Å². The van der Waals surface area contributed by atoms with Gasteiger partial charge in [-0.2, -0.15) is 9.97 Å². The lowest BCUT2D eigenvalue weighted by atomic mass is 10.0. The largest absolute Gasteiger partial charge is 0.382 e. The Kier molecular flexibility index (Phi) is 5.19. The third-order valence-corrected chi connectivity index (χ3v) is 4.72. The Balaban J connectivity index is 1.57. The molecule has 4 aromatic rings. The highest BCUT2D eigenvalue weighted by Crippen LogP contribution is 2.22. The first-order valence-corrected chi connectivity index (χ1v) is 9.61. The third-order valence-electron chi connectivity index (χ3n) is 4.72. The fraction of sp³-hybridized carbons (Fsp3) is 0.227. The van der Waals surface area contributed by atoms with E-state index in [1.165, 1.54) is 16.7 Å². The predicted octanol–water partition coefficient (Wildman–Crippen LogP) is 4.34. The van der Waals surface area contributed by atoms with Crippen LogP contribution in [0.25, 0.3) is 22.3 Å². The SMILES string of the molecule is CCCCNc1nc(N)c2ncn(Cc3ccc(-c4ccccc4)cc3)c2n1. The topological polar surface area (TPSA) is 81.6 Å². The number of anilines is 2. The van der Waals surface area contributed by atoms with E-state index in [-0.39, 0.29) is 0 Å². The van der Waals surface area contributed by atoms with Gasteiger partial charge in [0.1, 0.15) is 5.52 Å². The molecule has 0 atom stereocenters. The first-order chi connectivity index (χ1) is 13.7. The van der Waals surface area contributed by atoms with Crippen molar-refractivity contribution in [1.29, 1.82) is 0 Å². The molecule has 0 radical (unpaired) electrons. The number of unbranched alkanes of at least 4 members (excludes halogenated alkanes) is 1. The quantitative estimate of drug-likeness (QED) is 0.472. The van der Waals surface area contributed by atoms with Gasteiger partial charge in [-0.05, 0) is 23.1 Å². The highest BCUT2D eigenvalue weighted by Gasteiger charge is 2.11. The van der Waals surface area contributed by atoms with E-state index in [4.69, 9.17) is 5.73 Å². The van der Waals surface area contributed by atoms with Gasteiger partial charge in [-0.1, -0.05) is 67.9 Å². The van der Waals surface area contributed by atoms with Gasteiger partial charge < -0.3 is 15.6 Å². The average Bonchev–Trinajstić information content (AvgIpc) is 3.13. The normalized spacial score (nSPS) is 11.0. The van der Waals surface area contributed by atoms with Crippen LogP contribution in [0.5, 0.6) is 0 Å². The van der Waals surface area contributed by atoms with E-state index in [2.05, 4.69) is 75.7 Å². The molecule has 0 fully saturated rings. The van der Waals surface area contributed by atoms with Gasteiger partial charge in [-0.3, -0.25) is 0 Å². The minimum atomic E-state index is 0.405. The highest BCUT2D eigenvalue weighted by atomic mass is 15.2. The summed E-state index contributed by atoms with van der Waals surface area (Å²) in [7, 11) is 0. The second kappa shape index (κ2) is 8.08. The molecule has 28 heavy (non-hydrogen) atoms. The molecule has 0 aliphatic carbocycles. The number of nitrogen functional groups attached to an aromatic ring is 1. The lowest BCUT2D eigenvalue weighted by Crippen LogP contribution is -2.08. The first-order valence-electron chi connectivity index (χ1n) is 9.61. The van der Waals surface area contributed by atoms with Gasteiger partial charge in [0.2, 0.25) is 5.95 Å². The summed E-state index contributed by atoms with van der Waals surface area (Å²) in [4.78, 5) is 13.3. The van der Waals surface area contributed by atoms with E-state index >= 15 is 0 Å². The van der Waals surface area contributed by atoms with Crippen molar-refractivity contribution in [2.75, 3.05) is 17.6 Å². The molecule has 6 heteroatoms. The molecule has 0 saturated carbocycles. The molecule has 2 aromatic heterocycles. The van der Waals surface area contributed by atoms with Crippen LogP contribution in [-0.4, -0.2) is 26.1 Å². The number of fused-ring (bicyclic) bond motifs is 1. The van der Waals surface area contributed by atoms with E-state index in [1.807, 2.05) is 10.6 Å². The summed E-state index contributed by atoms with van der Waals surface area (Å²) in [5.41, 5.74) is 11.1. The number of nitrogens with two attached hydrogens (primary N) is 1. The van der Waals surface area contributed by atoms with E-state index in [9.17, 15) is 0 Å². The molecule has 2 heterocycles. The molecule has 142 valence electrons. The Morgan fingerprint density at radius 3 is 2.46 bits per heavy atom. The van der Waals surface area contributed by atoms with Gasteiger partial charge in [0.25, 0.3) is 0 Å². The lowest BCUT2D eigenvalue weighted by molar-refractivity contribution is 0.808. The van der Waals surface area contributed by atoms with Gasteiger partial charge in [0, 0.05) is 6.54 Å². The van der Waals surface area contributed by atoms with Crippen LogP contribution in [0.3, 0.4) is 0 Å². The van der Waals surface area contributed by atoms with Crippen LogP contribution in [0.4, 0.5) is 11.8 Å².